The van der Waals surface area contributed by atoms with E-state index in [-0.39, 0.29) is 5.91 Å². The molecule has 2 N–H and O–H groups in total. The first-order valence-electron chi connectivity index (χ1n) is 5.89. The molecule has 0 saturated heterocycles. The molecule has 1 aliphatic heterocycles. The molecule has 0 fully saturated rings. The molecule has 5 nitrogen and oxygen atoms in total. The highest BCUT2D eigenvalue weighted by Gasteiger charge is 2.22. The van der Waals surface area contributed by atoms with Crippen LogP contribution in [0, 0.1) is 0 Å². The van der Waals surface area contributed by atoms with Crippen LogP contribution in [-0.4, -0.2) is 29.6 Å². The molecule has 1 heterocycles. The Bertz CT molecular complexity index is 499. The fraction of sp³-hybridized carbons (Fsp3) is 0.385. The Balaban J connectivity index is 2.19. The van der Waals surface area contributed by atoms with Crippen molar-refractivity contribution in [2.24, 2.45) is 0 Å². The number of fused-ring (bicyclic) bond motifs is 1. The van der Waals surface area contributed by atoms with E-state index in [0.29, 0.717) is 6.54 Å². The molecule has 0 bridgehead atoms. The molecular formula is C13H16N2O3. The van der Waals surface area contributed by atoms with Crippen LogP contribution in [0.4, 0.5) is 11.4 Å². The Morgan fingerprint density at radius 2 is 2.17 bits per heavy atom. The summed E-state index contributed by atoms with van der Waals surface area (Å²) in [5.74, 6) is -0.853. The fourth-order valence-electron chi connectivity index (χ4n) is 2.13. The summed E-state index contributed by atoms with van der Waals surface area (Å²) in [7, 11) is 0. The van der Waals surface area contributed by atoms with Crippen LogP contribution in [0.5, 0.6) is 0 Å². The first-order chi connectivity index (χ1) is 8.49. The van der Waals surface area contributed by atoms with Crippen molar-refractivity contribution in [2.45, 2.75) is 26.3 Å². The lowest BCUT2D eigenvalue weighted by Gasteiger charge is -2.16. The average molecular weight is 248 g/mol. The quantitative estimate of drug-likeness (QED) is 0.850. The van der Waals surface area contributed by atoms with Crippen LogP contribution in [0.3, 0.4) is 0 Å². The fourth-order valence-corrected chi connectivity index (χ4v) is 2.13. The van der Waals surface area contributed by atoms with E-state index in [4.69, 9.17) is 5.11 Å². The summed E-state index contributed by atoms with van der Waals surface area (Å²) in [5.41, 5.74) is 2.78. The summed E-state index contributed by atoms with van der Waals surface area (Å²) in [6, 6.07) is 4.95. The van der Waals surface area contributed by atoms with E-state index in [9.17, 15) is 9.59 Å². The topological polar surface area (TPSA) is 69.6 Å². The van der Waals surface area contributed by atoms with Gasteiger partial charge < -0.3 is 15.3 Å². The van der Waals surface area contributed by atoms with Crippen molar-refractivity contribution in [3.63, 3.8) is 0 Å². The number of carboxylic acids is 1. The maximum atomic E-state index is 11.4. The second-order valence-electron chi connectivity index (χ2n) is 4.47. The van der Waals surface area contributed by atoms with Crippen molar-refractivity contribution in [3.05, 3.63) is 23.8 Å². The maximum Gasteiger partial charge on any atom is 0.325 e. The molecule has 1 atom stereocenters. The van der Waals surface area contributed by atoms with E-state index in [0.717, 1.165) is 23.4 Å². The van der Waals surface area contributed by atoms with Crippen molar-refractivity contribution in [1.29, 1.82) is 0 Å². The monoisotopic (exact) mass is 248 g/mol. The van der Waals surface area contributed by atoms with Crippen LogP contribution in [0.25, 0.3) is 0 Å². The van der Waals surface area contributed by atoms with Crippen molar-refractivity contribution < 1.29 is 14.7 Å². The van der Waals surface area contributed by atoms with Crippen molar-refractivity contribution >= 4 is 23.3 Å². The second kappa shape index (κ2) is 4.68. The third-order valence-electron chi connectivity index (χ3n) is 3.11. The number of amides is 1. The van der Waals surface area contributed by atoms with Crippen LogP contribution in [0.15, 0.2) is 18.2 Å². The zero-order valence-corrected chi connectivity index (χ0v) is 10.4. The van der Waals surface area contributed by atoms with E-state index in [1.54, 1.807) is 24.8 Å². The molecule has 18 heavy (non-hydrogen) atoms. The second-order valence-corrected chi connectivity index (χ2v) is 4.47. The first-order valence-corrected chi connectivity index (χ1v) is 5.89. The zero-order chi connectivity index (χ0) is 13.3. The van der Waals surface area contributed by atoms with E-state index in [1.807, 2.05) is 12.1 Å². The van der Waals surface area contributed by atoms with Gasteiger partial charge in [-0.3, -0.25) is 9.59 Å². The molecule has 0 aromatic heterocycles. The van der Waals surface area contributed by atoms with E-state index in [1.165, 1.54) is 0 Å². The Labute approximate surface area is 105 Å². The lowest BCUT2D eigenvalue weighted by Crippen LogP contribution is -2.26. The van der Waals surface area contributed by atoms with Gasteiger partial charge in [-0.05, 0) is 37.1 Å². The number of anilines is 2. The predicted molar refractivity (Wildman–Crippen MR) is 68.9 cm³/mol. The molecule has 1 aromatic carbocycles. The lowest BCUT2D eigenvalue weighted by molar-refractivity contribution is -0.137. The Kier molecular flexibility index (Phi) is 3.23. The standard InChI is InChI=1S/C13H16N2O3/c1-8(13(17)18)14-11-3-4-12-10(7-11)5-6-15(12)9(2)16/h3-4,7-8,14H,5-6H2,1-2H3,(H,17,18). The third kappa shape index (κ3) is 2.30. The smallest absolute Gasteiger partial charge is 0.325 e. The van der Waals surface area contributed by atoms with Gasteiger partial charge in [0, 0.05) is 24.8 Å². The maximum absolute atomic E-state index is 11.4. The van der Waals surface area contributed by atoms with Crippen LogP contribution in [0.1, 0.15) is 19.4 Å². The Hall–Kier alpha value is -2.04. The molecule has 0 radical (unpaired) electrons. The number of hydrogen-bond acceptors (Lipinski definition) is 3. The highest BCUT2D eigenvalue weighted by atomic mass is 16.4. The highest BCUT2D eigenvalue weighted by Crippen LogP contribution is 2.30. The van der Waals surface area contributed by atoms with E-state index < -0.39 is 12.0 Å². The molecule has 0 saturated carbocycles. The minimum Gasteiger partial charge on any atom is -0.480 e. The summed E-state index contributed by atoms with van der Waals surface area (Å²) >= 11 is 0. The number of carbonyl (C=O) groups excluding carboxylic acids is 1. The molecule has 2 rings (SSSR count). The minimum absolute atomic E-state index is 0.0355. The van der Waals surface area contributed by atoms with Crippen molar-refractivity contribution in [2.75, 3.05) is 16.8 Å². The van der Waals surface area contributed by atoms with Crippen LogP contribution in [0.2, 0.25) is 0 Å². The van der Waals surface area contributed by atoms with Gasteiger partial charge in [0.2, 0.25) is 5.91 Å². The molecule has 1 aliphatic rings. The van der Waals surface area contributed by atoms with Gasteiger partial charge in [-0.2, -0.15) is 0 Å². The van der Waals surface area contributed by atoms with Crippen LogP contribution < -0.4 is 10.2 Å². The van der Waals surface area contributed by atoms with E-state index >= 15 is 0 Å². The van der Waals surface area contributed by atoms with Gasteiger partial charge in [-0.15, -0.1) is 0 Å². The van der Waals surface area contributed by atoms with E-state index in [2.05, 4.69) is 5.32 Å². The molecule has 0 spiro atoms. The van der Waals surface area contributed by atoms with Crippen molar-refractivity contribution in [1.82, 2.24) is 0 Å². The van der Waals surface area contributed by atoms with Gasteiger partial charge >= 0.3 is 5.97 Å². The normalized spacial score (nSPS) is 15.1. The summed E-state index contributed by atoms with van der Waals surface area (Å²) < 4.78 is 0. The lowest BCUT2D eigenvalue weighted by atomic mass is 10.1. The Morgan fingerprint density at radius 1 is 1.44 bits per heavy atom. The number of rotatable bonds is 3. The number of nitrogens with one attached hydrogen (secondary N) is 1. The molecular weight excluding hydrogens is 232 g/mol. The number of benzene rings is 1. The summed E-state index contributed by atoms with van der Waals surface area (Å²) in [6.07, 6.45) is 0.811. The molecule has 1 amide bonds. The molecule has 1 aromatic rings. The minimum atomic E-state index is -0.888. The first kappa shape index (κ1) is 12.4. The third-order valence-corrected chi connectivity index (χ3v) is 3.11. The number of hydrogen-bond donors (Lipinski definition) is 2. The van der Waals surface area contributed by atoms with Gasteiger partial charge in [0.05, 0.1) is 0 Å². The molecule has 0 aliphatic carbocycles. The van der Waals surface area contributed by atoms with Crippen molar-refractivity contribution in [3.8, 4) is 0 Å². The number of nitrogens with zero attached hydrogens (tertiary/aromatic N) is 1. The number of carbonyl (C=O) groups is 2. The van der Waals surface area contributed by atoms with Gasteiger partial charge in [0.25, 0.3) is 0 Å². The molecule has 5 heteroatoms. The SMILES string of the molecule is CC(=O)N1CCc2cc(NC(C)C(=O)O)ccc21. The van der Waals surface area contributed by atoms with Gasteiger partial charge in [-0.1, -0.05) is 0 Å². The summed E-state index contributed by atoms with van der Waals surface area (Å²) in [5, 5.41) is 11.7. The van der Waals surface area contributed by atoms with Crippen LogP contribution >= 0.6 is 0 Å². The molecule has 1 unspecified atom stereocenters. The number of aliphatic carboxylic acids is 1. The van der Waals surface area contributed by atoms with Gasteiger partial charge in [-0.25, -0.2) is 0 Å². The zero-order valence-electron chi connectivity index (χ0n) is 10.4. The molecule has 96 valence electrons. The summed E-state index contributed by atoms with van der Waals surface area (Å²) in [4.78, 5) is 23.9. The summed E-state index contributed by atoms with van der Waals surface area (Å²) in [6.45, 7) is 3.84. The average Bonchev–Trinajstić information content (AvgIpc) is 2.71. The van der Waals surface area contributed by atoms with Gasteiger partial charge in [0.1, 0.15) is 6.04 Å². The largest absolute Gasteiger partial charge is 0.480 e. The number of carboxylic acid groups (broad SMARTS) is 1. The van der Waals surface area contributed by atoms with Gasteiger partial charge in [0.15, 0.2) is 0 Å². The predicted octanol–water partition coefficient (Wildman–Crippen LogP) is 1.48. The Morgan fingerprint density at radius 3 is 2.78 bits per heavy atom. The van der Waals surface area contributed by atoms with Crippen LogP contribution in [-0.2, 0) is 16.0 Å². The highest BCUT2D eigenvalue weighted by molar-refractivity contribution is 5.94.